The van der Waals surface area contributed by atoms with E-state index in [-0.39, 0.29) is 11.6 Å². The van der Waals surface area contributed by atoms with Crippen molar-refractivity contribution in [3.05, 3.63) is 64.7 Å². The normalized spacial score (nSPS) is 15.8. The van der Waals surface area contributed by atoms with E-state index in [9.17, 15) is 19.7 Å². The van der Waals surface area contributed by atoms with Gasteiger partial charge in [-0.05, 0) is 38.1 Å². The average Bonchev–Trinajstić information content (AvgIpc) is 2.79. The molecule has 2 aromatic rings. The minimum absolute atomic E-state index is 0.00819. The lowest BCUT2D eigenvalue weighted by molar-refractivity contribution is -0.384. The number of anilines is 1. The number of piperazine rings is 1. The second-order valence-corrected chi connectivity index (χ2v) is 8.65. The summed E-state index contributed by atoms with van der Waals surface area (Å²) in [4.78, 5) is 40.1. The van der Waals surface area contributed by atoms with Gasteiger partial charge >= 0.3 is 5.97 Å². The maximum Gasteiger partial charge on any atom is 0.319 e. The van der Waals surface area contributed by atoms with E-state index < -0.39 is 22.2 Å². The number of benzene rings is 2. The lowest BCUT2D eigenvalue weighted by Gasteiger charge is -2.37. The number of non-ortho nitro benzene ring substituents is 1. The van der Waals surface area contributed by atoms with Crippen molar-refractivity contribution in [2.75, 3.05) is 31.1 Å². The van der Waals surface area contributed by atoms with E-state index in [1.54, 1.807) is 30.9 Å². The summed E-state index contributed by atoms with van der Waals surface area (Å²) in [6.07, 6.45) is -0.865. The highest BCUT2D eigenvalue weighted by atomic mass is 32.2. The third-order valence-electron chi connectivity index (χ3n) is 5.05. The van der Waals surface area contributed by atoms with Gasteiger partial charge in [0.2, 0.25) is 0 Å². The Bertz CT molecular complexity index is 915. The fourth-order valence-electron chi connectivity index (χ4n) is 3.30. The number of nitro groups is 1. The highest BCUT2D eigenvalue weighted by Gasteiger charge is 2.29. The van der Waals surface area contributed by atoms with Crippen molar-refractivity contribution < 1.29 is 19.2 Å². The maximum absolute atomic E-state index is 12.7. The van der Waals surface area contributed by atoms with Gasteiger partial charge in [0.05, 0.1) is 4.92 Å². The molecule has 2 unspecified atom stereocenters. The van der Waals surface area contributed by atoms with Crippen LogP contribution in [0.15, 0.2) is 59.5 Å². The van der Waals surface area contributed by atoms with Gasteiger partial charge in [-0.15, -0.1) is 11.8 Å². The molecule has 0 radical (unpaired) electrons. The van der Waals surface area contributed by atoms with Gasteiger partial charge in [-0.3, -0.25) is 19.7 Å². The molecule has 9 heteroatoms. The largest absolute Gasteiger partial charge is 0.452 e. The first-order valence-corrected chi connectivity index (χ1v) is 10.9. The number of hydrogen-bond donors (Lipinski definition) is 0. The van der Waals surface area contributed by atoms with Crippen molar-refractivity contribution in [3.63, 3.8) is 0 Å². The number of carbonyl (C=O) groups excluding carboxylic acids is 2. The number of para-hydroxylation sites is 1. The lowest BCUT2D eigenvalue weighted by Crippen LogP contribution is -2.51. The molecule has 1 heterocycles. The summed E-state index contributed by atoms with van der Waals surface area (Å²) in [5, 5.41) is 10.2. The summed E-state index contributed by atoms with van der Waals surface area (Å²) in [5.41, 5.74) is 1.12. The summed E-state index contributed by atoms with van der Waals surface area (Å²) in [6, 6.07) is 16.0. The van der Waals surface area contributed by atoms with Crippen LogP contribution in [-0.2, 0) is 14.3 Å². The summed E-state index contributed by atoms with van der Waals surface area (Å²) in [7, 11) is 0. The molecule has 0 spiro atoms. The molecular formula is C22H25N3O5S. The van der Waals surface area contributed by atoms with Crippen LogP contribution >= 0.6 is 11.8 Å². The predicted octanol–water partition coefficient (Wildman–Crippen LogP) is 3.36. The molecule has 1 fully saturated rings. The Labute approximate surface area is 185 Å². The molecule has 0 aromatic heterocycles. The van der Waals surface area contributed by atoms with Crippen molar-refractivity contribution in [3.8, 4) is 0 Å². The Morgan fingerprint density at radius 3 is 2.19 bits per heavy atom. The van der Waals surface area contributed by atoms with Crippen LogP contribution in [0.3, 0.4) is 0 Å². The summed E-state index contributed by atoms with van der Waals surface area (Å²) in [5.74, 6) is -0.694. The van der Waals surface area contributed by atoms with Crippen LogP contribution in [0.1, 0.15) is 13.8 Å². The van der Waals surface area contributed by atoms with Crippen molar-refractivity contribution in [2.45, 2.75) is 30.1 Å². The topological polar surface area (TPSA) is 93.0 Å². The predicted molar refractivity (Wildman–Crippen MR) is 119 cm³/mol. The van der Waals surface area contributed by atoms with Gasteiger partial charge in [-0.2, -0.15) is 0 Å². The van der Waals surface area contributed by atoms with Gasteiger partial charge in [0, 0.05) is 48.9 Å². The van der Waals surface area contributed by atoms with Crippen LogP contribution in [-0.4, -0.2) is 59.2 Å². The number of nitrogens with zero attached hydrogens (tertiary/aromatic N) is 3. The molecule has 0 saturated carbocycles. The first-order chi connectivity index (χ1) is 14.8. The molecule has 2 aromatic carbocycles. The SMILES string of the molecule is CC(OC(=O)C(C)Sc1ccc([N+](=O)[O-])cc1)C(=O)N1CCN(c2ccccc2)CC1. The van der Waals surface area contributed by atoms with E-state index in [1.165, 1.54) is 23.9 Å². The Kier molecular flexibility index (Phi) is 7.51. The second kappa shape index (κ2) is 10.3. The standard InChI is InChI=1S/C22H25N3O5S/c1-16(21(26)24-14-12-23(13-15-24)18-6-4-3-5-7-18)30-22(27)17(2)31-20-10-8-19(9-11-20)25(28)29/h3-11,16-17H,12-15H2,1-2H3. The summed E-state index contributed by atoms with van der Waals surface area (Å²) >= 11 is 1.23. The number of nitro benzene ring substituents is 1. The van der Waals surface area contributed by atoms with Crippen molar-refractivity contribution >= 4 is 35.0 Å². The van der Waals surface area contributed by atoms with Crippen LogP contribution in [0.5, 0.6) is 0 Å². The minimum atomic E-state index is -0.865. The third kappa shape index (κ3) is 5.97. The van der Waals surface area contributed by atoms with E-state index in [0.717, 1.165) is 18.8 Å². The van der Waals surface area contributed by atoms with Crippen LogP contribution < -0.4 is 4.90 Å². The van der Waals surface area contributed by atoms with Crippen LogP contribution in [0.2, 0.25) is 0 Å². The van der Waals surface area contributed by atoms with Crippen molar-refractivity contribution in [1.82, 2.24) is 4.90 Å². The first kappa shape index (κ1) is 22.6. The number of hydrogen-bond acceptors (Lipinski definition) is 7. The number of thioether (sulfide) groups is 1. The Balaban J connectivity index is 1.47. The van der Waals surface area contributed by atoms with Gasteiger partial charge in [0.1, 0.15) is 5.25 Å². The highest BCUT2D eigenvalue weighted by Crippen LogP contribution is 2.26. The molecule has 0 aliphatic carbocycles. The monoisotopic (exact) mass is 443 g/mol. The number of amides is 1. The number of ether oxygens (including phenoxy) is 1. The second-order valence-electron chi connectivity index (χ2n) is 7.24. The molecule has 8 nitrogen and oxygen atoms in total. The smallest absolute Gasteiger partial charge is 0.319 e. The molecule has 3 rings (SSSR count). The maximum atomic E-state index is 12.7. The van der Waals surface area contributed by atoms with Crippen LogP contribution in [0.25, 0.3) is 0 Å². The van der Waals surface area contributed by atoms with Crippen molar-refractivity contribution in [1.29, 1.82) is 0 Å². The summed E-state index contributed by atoms with van der Waals surface area (Å²) in [6.45, 7) is 5.87. The fourth-order valence-corrected chi connectivity index (χ4v) is 4.15. The van der Waals surface area contributed by atoms with E-state index in [0.29, 0.717) is 18.0 Å². The van der Waals surface area contributed by atoms with Crippen LogP contribution in [0, 0.1) is 10.1 Å². The average molecular weight is 444 g/mol. The van der Waals surface area contributed by atoms with E-state index in [2.05, 4.69) is 4.90 Å². The molecule has 1 aliphatic rings. The fraction of sp³-hybridized carbons (Fsp3) is 0.364. The van der Waals surface area contributed by atoms with E-state index >= 15 is 0 Å². The molecule has 1 amide bonds. The first-order valence-electron chi connectivity index (χ1n) is 10.1. The van der Waals surface area contributed by atoms with Gasteiger partial charge in [0.25, 0.3) is 11.6 Å². The molecule has 164 valence electrons. The Morgan fingerprint density at radius 2 is 1.61 bits per heavy atom. The highest BCUT2D eigenvalue weighted by molar-refractivity contribution is 8.00. The van der Waals surface area contributed by atoms with Gasteiger partial charge in [-0.25, -0.2) is 0 Å². The molecule has 1 saturated heterocycles. The zero-order valence-corrected chi connectivity index (χ0v) is 18.3. The van der Waals surface area contributed by atoms with Crippen molar-refractivity contribution in [2.24, 2.45) is 0 Å². The minimum Gasteiger partial charge on any atom is -0.452 e. The third-order valence-corrected chi connectivity index (χ3v) is 6.14. The zero-order valence-electron chi connectivity index (χ0n) is 17.5. The van der Waals surface area contributed by atoms with Crippen LogP contribution in [0.4, 0.5) is 11.4 Å². The molecule has 0 N–H and O–H groups in total. The molecule has 31 heavy (non-hydrogen) atoms. The molecule has 1 aliphatic heterocycles. The number of esters is 1. The quantitative estimate of drug-likeness (QED) is 0.280. The molecule has 2 atom stereocenters. The summed E-state index contributed by atoms with van der Waals surface area (Å²) < 4.78 is 5.40. The molecule has 0 bridgehead atoms. The Hall–Kier alpha value is -3.07. The number of rotatable bonds is 7. The van der Waals surface area contributed by atoms with Gasteiger partial charge < -0.3 is 14.5 Å². The molecular weight excluding hydrogens is 418 g/mol. The van der Waals surface area contributed by atoms with E-state index in [1.807, 2.05) is 30.3 Å². The lowest BCUT2D eigenvalue weighted by atomic mass is 10.2. The van der Waals surface area contributed by atoms with E-state index in [4.69, 9.17) is 4.74 Å². The zero-order chi connectivity index (χ0) is 22.4. The van der Waals surface area contributed by atoms with Gasteiger partial charge in [0.15, 0.2) is 6.10 Å². The van der Waals surface area contributed by atoms with Gasteiger partial charge in [-0.1, -0.05) is 18.2 Å². The number of carbonyl (C=O) groups is 2. The Morgan fingerprint density at radius 1 is 1.00 bits per heavy atom.